The molecule has 4 aromatic heterocycles. The van der Waals surface area contributed by atoms with Crippen molar-refractivity contribution >= 4 is 11.6 Å². The number of nitro groups is 1. The Balaban J connectivity index is 0.000000182. The Kier molecular flexibility index (Phi) is 6.72. The molecule has 0 aromatic carbocycles. The van der Waals surface area contributed by atoms with Crippen LogP contribution >= 0.6 is 0 Å². The lowest BCUT2D eigenvalue weighted by atomic mass is 10.3. The zero-order valence-corrected chi connectivity index (χ0v) is 17.9. The fraction of sp³-hybridized carbons (Fsp3) is 0.333. The summed E-state index contributed by atoms with van der Waals surface area (Å²) in [5.41, 5.74) is 6.68. The van der Waals surface area contributed by atoms with Gasteiger partial charge in [-0.15, -0.1) is 10.2 Å². The summed E-state index contributed by atoms with van der Waals surface area (Å²) in [6.07, 6.45) is 0. The number of pyridine rings is 2. The van der Waals surface area contributed by atoms with Gasteiger partial charge in [-0.3, -0.25) is 0 Å². The van der Waals surface area contributed by atoms with Crippen LogP contribution in [0.4, 0.5) is 11.6 Å². The van der Waals surface area contributed by atoms with E-state index in [9.17, 15) is 10.1 Å². The molecule has 0 atom stereocenters. The molecule has 14 heteroatoms. The molecule has 4 heterocycles. The van der Waals surface area contributed by atoms with Gasteiger partial charge < -0.3 is 15.8 Å². The molecule has 0 aliphatic rings. The minimum absolute atomic E-state index is 0.0565. The maximum absolute atomic E-state index is 10.6. The van der Waals surface area contributed by atoms with Crippen molar-refractivity contribution in [3.8, 4) is 23.0 Å². The molecule has 0 unspecified atom stereocenters. The average Bonchev–Trinajstić information content (AvgIpc) is 3.44. The van der Waals surface area contributed by atoms with Gasteiger partial charge in [0.25, 0.3) is 0 Å². The van der Waals surface area contributed by atoms with Gasteiger partial charge in [0, 0.05) is 6.07 Å². The first-order chi connectivity index (χ1) is 15.3. The van der Waals surface area contributed by atoms with Gasteiger partial charge in [-0.1, -0.05) is 6.07 Å². The number of nitrogen functional groups attached to an aromatic ring is 1. The monoisotopic (exact) mass is 438 g/mol. The van der Waals surface area contributed by atoms with Gasteiger partial charge in [0.15, 0.2) is 0 Å². The van der Waals surface area contributed by atoms with Crippen molar-refractivity contribution in [1.29, 1.82) is 0 Å². The summed E-state index contributed by atoms with van der Waals surface area (Å²) in [5.74, 6) is 1.30. The lowest BCUT2D eigenvalue weighted by molar-refractivity contribution is -0.389. The molecule has 0 amide bonds. The maximum Gasteiger partial charge on any atom is 0.364 e. The van der Waals surface area contributed by atoms with Gasteiger partial charge in [0.1, 0.15) is 11.5 Å². The number of anilines is 1. The highest BCUT2D eigenvalue weighted by Gasteiger charge is 2.18. The van der Waals surface area contributed by atoms with E-state index in [-0.39, 0.29) is 17.9 Å². The van der Waals surface area contributed by atoms with Crippen LogP contribution < -0.4 is 5.73 Å². The first kappa shape index (κ1) is 22.3. The molecule has 0 saturated carbocycles. The van der Waals surface area contributed by atoms with E-state index in [4.69, 9.17) is 5.73 Å². The normalized spacial score (nSPS) is 10.8. The van der Waals surface area contributed by atoms with Crippen molar-refractivity contribution in [2.75, 3.05) is 5.73 Å². The van der Waals surface area contributed by atoms with Crippen LogP contribution in [0, 0.1) is 10.1 Å². The predicted molar refractivity (Wildman–Crippen MR) is 114 cm³/mol. The molecule has 0 radical (unpaired) electrons. The van der Waals surface area contributed by atoms with E-state index in [0.29, 0.717) is 28.9 Å². The molecule has 4 rings (SSSR count). The molecule has 0 saturated heterocycles. The fourth-order valence-electron chi connectivity index (χ4n) is 2.65. The van der Waals surface area contributed by atoms with Crippen LogP contribution in [0.15, 0.2) is 36.4 Å². The molecule has 32 heavy (non-hydrogen) atoms. The zero-order valence-electron chi connectivity index (χ0n) is 17.9. The van der Waals surface area contributed by atoms with E-state index >= 15 is 0 Å². The minimum Gasteiger partial charge on any atom is -0.384 e. The molecule has 0 bridgehead atoms. The summed E-state index contributed by atoms with van der Waals surface area (Å²) in [7, 11) is 0. The summed E-state index contributed by atoms with van der Waals surface area (Å²) in [4.78, 5) is 18.1. The minimum atomic E-state index is -0.549. The van der Waals surface area contributed by atoms with Gasteiger partial charge in [-0.2, -0.15) is 0 Å². The third-order valence-corrected chi connectivity index (χ3v) is 4.11. The van der Waals surface area contributed by atoms with E-state index in [1.165, 1.54) is 6.07 Å². The molecule has 0 aliphatic carbocycles. The standard InChI is InChI=1S/C9H10N6O2.C9H12N6/c1-6(2)14-9(11-12-13-14)7-4-3-5-8(10-7)15(16)17;1-6(2)15-9(12-13-14-15)7-4-3-5-8(10)11-7/h3-6H,1-2H3;3-6H,1-2H3,(H2,10,11). The summed E-state index contributed by atoms with van der Waals surface area (Å²) in [5, 5.41) is 33.3. The van der Waals surface area contributed by atoms with Crippen LogP contribution in [-0.4, -0.2) is 55.3 Å². The SMILES string of the molecule is CC(C)n1nnnc1-c1cccc(N)n1.CC(C)n1nnnc1-c1cccc([N+](=O)[O-])n1. The molecule has 0 aliphatic heterocycles. The van der Waals surface area contributed by atoms with Crippen LogP contribution in [0.5, 0.6) is 0 Å². The number of rotatable bonds is 5. The Morgan fingerprint density at radius 3 is 1.81 bits per heavy atom. The van der Waals surface area contributed by atoms with Crippen LogP contribution in [0.1, 0.15) is 39.8 Å². The topological polar surface area (TPSA) is 182 Å². The van der Waals surface area contributed by atoms with Crippen molar-refractivity contribution in [1.82, 2.24) is 50.4 Å². The van der Waals surface area contributed by atoms with Crippen molar-refractivity contribution < 1.29 is 4.92 Å². The third kappa shape index (κ3) is 5.03. The maximum atomic E-state index is 10.6. The van der Waals surface area contributed by atoms with Gasteiger partial charge in [-0.25, -0.2) is 14.3 Å². The Morgan fingerprint density at radius 2 is 1.34 bits per heavy atom. The largest absolute Gasteiger partial charge is 0.384 e. The molecular weight excluding hydrogens is 416 g/mol. The van der Waals surface area contributed by atoms with Gasteiger partial charge in [0.05, 0.1) is 12.1 Å². The first-order valence-electron chi connectivity index (χ1n) is 9.68. The lowest BCUT2D eigenvalue weighted by Gasteiger charge is -2.06. The smallest absolute Gasteiger partial charge is 0.364 e. The van der Waals surface area contributed by atoms with E-state index < -0.39 is 4.92 Å². The number of nitrogens with zero attached hydrogens (tertiary/aromatic N) is 11. The summed E-state index contributed by atoms with van der Waals surface area (Å²) < 4.78 is 3.27. The second-order valence-electron chi connectivity index (χ2n) is 7.17. The Bertz CT molecular complexity index is 1200. The molecule has 0 fully saturated rings. The molecule has 2 N–H and O–H groups in total. The number of hydrogen-bond acceptors (Lipinski definition) is 11. The van der Waals surface area contributed by atoms with Crippen molar-refractivity contribution in [3.05, 3.63) is 46.5 Å². The average molecular weight is 438 g/mol. The van der Waals surface area contributed by atoms with Crippen LogP contribution in [0.3, 0.4) is 0 Å². The molecule has 4 aromatic rings. The zero-order chi connectivity index (χ0) is 23.3. The summed E-state index contributed by atoms with van der Waals surface area (Å²) in [6.45, 7) is 7.84. The summed E-state index contributed by atoms with van der Waals surface area (Å²) in [6, 6.07) is 10.2. The summed E-state index contributed by atoms with van der Waals surface area (Å²) >= 11 is 0. The number of hydrogen-bond donors (Lipinski definition) is 1. The molecule has 0 spiro atoms. The van der Waals surface area contributed by atoms with E-state index in [1.807, 2.05) is 39.8 Å². The molecule has 166 valence electrons. The number of tetrazole rings is 2. The molecular formula is C18H22N12O2. The van der Waals surface area contributed by atoms with E-state index in [1.54, 1.807) is 27.6 Å². The quantitative estimate of drug-likeness (QED) is 0.355. The lowest BCUT2D eigenvalue weighted by Crippen LogP contribution is -2.06. The Labute approximate surface area is 182 Å². The second kappa shape index (κ2) is 9.63. The highest BCUT2D eigenvalue weighted by Crippen LogP contribution is 2.19. The van der Waals surface area contributed by atoms with E-state index in [0.717, 1.165) is 0 Å². The molecule has 14 nitrogen and oxygen atoms in total. The Morgan fingerprint density at radius 1 is 0.844 bits per heavy atom. The third-order valence-electron chi connectivity index (χ3n) is 4.11. The number of aromatic nitrogens is 10. The van der Waals surface area contributed by atoms with Crippen LogP contribution in [-0.2, 0) is 0 Å². The second-order valence-corrected chi connectivity index (χ2v) is 7.17. The van der Waals surface area contributed by atoms with Crippen LogP contribution in [0.2, 0.25) is 0 Å². The van der Waals surface area contributed by atoms with Gasteiger partial charge >= 0.3 is 5.82 Å². The van der Waals surface area contributed by atoms with E-state index in [2.05, 4.69) is 41.0 Å². The van der Waals surface area contributed by atoms with Crippen molar-refractivity contribution in [3.63, 3.8) is 0 Å². The highest BCUT2D eigenvalue weighted by molar-refractivity contribution is 5.52. The fourth-order valence-corrected chi connectivity index (χ4v) is 2.65. The number of nitrogens with two attached hydrogens (primary N) is 1. The van der Waals surface area contributed by atoms with Gasteiger partial charge in [-0.05, 0) is 82.7 Å². The Hall–Kier alpha value is -4.36. The van der Waals surface area contributed by atoms with Crippen LogP contribution in [0.25, 0.3) is 23.0 Å². The highest BCUT2D eigenvalue weighted by atomic mass is 16.6. The first-order valence-corrected chi connectivity index (χ1v) is 9.68. The van der Waals surface area contributed by atoms with Gasteiger partial charge in [0.2, 0.25) is 17.3 Å². The van der Waals surface area contributed by atoms with Crippen molar-refractivity contribution in [2.24, 2.45) is 0 Å². The predicted octanol–water partition coefficient (Wildman–Crippen LogP) is 2.12. The van der Waals surface area contributed by atoms with Crippen molar-refractivity contribution in [2.45, 2.75) is 39.8 Å².